The van der Waals surface area contributed by atoms with Crippen LogP contribution in [-0.4, -0.2) is 4.98 Å². The second-order valence-corrected chi connectivity index (χ2v) is 18.1. The number of fused-ring (bicyclic) bond motifs is 3. The van der Waals surface area contributed by atoms with E-state index in [4.69, 9.17) is 14.3 Å². The van der Waals surface area contributed by atoms with Crippen LogP contribution in [0.15, 0.2) is 194 Å². The van der Waals surface area contributed by atoms with E-state index in [2.05, 4.69) is 241 Å². The Balaban J connectivity index is 0.00000129. The smallest absolute Gasteiger partial charge is 3.00 e. The van der Waals surface area contributed by atoms with Gasteiger partial charge in [-0.05, 0) is 86.1 Å². The van der Waals surface area contributed by atoms with E-state index >= 15 is 0 Å². The van der Waals surface area contributed by atoms with Gasteiger partial charge in [-0.25, -0.2) is 0 Å². The first-order chi connectivity index (χ1) is 33.9. The summed E-state index contributed by atoms with van der Waals surface area (Å²) in [5, 5.41) is 2.58. The van der Waals surface area contributed by atoms with Crippen LogP contribution in [0.25, 0.3) is 109 Å². The number of hydrogen-bond acceptors (Lipinski definition) is 2. The van der Waals surface area contributed by atoms with Gasteiger partial charge >= 0.3 is 42.7 Å². The number of rotatable bonds is 8. The van der Waals surface area contributed by atoms with E-state index in [0.29, 0.717) is 0 Å². The maximum absolute atomic E-state index is 7.50. The van der Waals surface area contributed by atoms with E-state index in [-0.39, 0.29) is 20.1 Å². The fraction of sp³-hybridized carbons (Fsp3) is 0.0615. The van der Waals surface area contributed by atoms with Crippen molar-refractivity contribution < 1.29 is 29.4 Å². The molecular formula is C65H44IrNO2S. The minimum atomic E-state index is 0. The van der Waals surface area contributed by atoms with Crippen LogP contribution in [0.3, 0.4) is 0 Å². The molecule has 0 saturated carbocycles. The van der Waals surface area contributed by atoms with E-state index in [1.165, 1.54) is 64.7 Å². The van der Waals surface area contributed by atoms with Crippen LogP contribution in [0.1, 0.15) is 22.3 Å². The largest absolute Gasteiger partial charge is 3.00 e. The molecule has 0 N–H and O–H groups in total. The molecule has 0 unspecified atom stereocenters. The van der Waals surface area contributed by atoms with Crippen molar-refractivity contribution >= 4 is 31.5 Å². The Kier molecular flexibility index (Phi) is 15.3. The number of aryl methyl sites for hydroxylation is 4. The zero-order chi connectivity index (χ0) is 48.0. The number of thiophene rings is 1. The van der Waals surface area contributed by atoms with Crippen molar-refractivity contribution in [1.82, 2.24) is 4.98 Å². The van der Waals surface area contributed by atoms with E-state index in [1.807, 2.05) is 23.5 Å². The summed E-state index contributed by atoms with van der Waals surface area (Å²) in [4.78, 5) is 5.16. The molecule has 9 aromatic carbocycles. The molecule has 0 saturated heterocycles. The number of hydrogen-bond donors (Lipinski definition) is 0. The van der Waals surface area contributed by atoms with Crippen molar-refractivity contribution in [3.63, 3.8) is 0 Å². The predicted molar refractivity (Wildman–Crippen MR) is 284 cm³/mol. The van der Waals surface area contributed by atoms with Gasteiger partial charge in [0.05, 0.1) is 0 Å². The molecule has 0 spiro atoms. The minimum absolute atomic E-state index is 0. The summed E-state index contributed by atoms with van der Waals surface area (Å²) in [5.41, 5.74) is 22.7. The first-order valence-electron chi connectivity index (χ1n) is 22.6. The van der Waals surface area contributed by atoms with Gasteiger partial charge in [0.1, 0.15) is 0 Å². The van der Waals surface area contributed by atoms with Gasteiger partial charge in [-0.2, -0.15) is 58.7 Å². The molecule has 11 rings (SSSR count). The Labute approximate surface area is 428 Å². The van der Waals surface area contributed by atoms with Crippen molar-refractivity contribution in [2.45, 2.75) is 27.7 Å². The molecule has 2 aromatic heterocycles. The summed E-state index contributed by atoms with van der Waals surface area (Å²) in [7, 11) is 0. The van der Waals surface area contributed by atoms with Gasteiger partial charge in [-0.3, -0.25) is 0 Å². The topological polar surface area (TPSA) is 52.7 Å². The van der Waals surface area contributed by atoms with Crippen LogP contribution in [-0.2, 0) is 29.4 Å². The third-order valence-corrected chi connectivity index (χ3v) is 14.1. The summed E-state index contributed by atoms with van der Waals surface area (Å²) in [6.07, 6.45) is 2.07. The van der Waals surface area contributed by atoms with Gasteiger partial charge in [0, 0.05) is 31.9 Å². The first kappa shape index (κ1) is 48.9. The molecule has 0 aliphatic rings. The molecule has 0 aliphatic carbocycles. The van der Waals surface area contributed by atoms with Gasteiger partial charge < -0.3 is 4.98 Å². The molecule has 70 heavy (non-hydrogen) atoms. The van der Waals surface area contributed by atoms with Crippen molar-refractivity contribution in [2.75, 3.05) is 0 Å². The van der Waals surface area contributed by atoms with E-state index in [9.17, 15) is 0 Å². The maximum Gasteiger partial charge on any atom is 3.00 e. The number of benzene rings is 9. The molecule has 0 bridgehead atoms. The summed E-state index contributed by atoms with van der Waals surface area (Å²) < 4.78 is 17.6. The molecule has 0 radical (unpaired) electrons. The molecule has 2 heterocycles. The fourth-order valence-electron chi connectivity index (χ4n) is 9.22. The van der Waals surface area contributed by atoms with Crippen LogP contribution < -0.4 is 0 Å². The zero-order valence-electron chi connectivity index (χ0n) is 39.0. The third-order valence-electron chi connectivity index (χ3n) is 13.0. The molecule has 0 aliphatic heterocycles. The van der Waals surface area contributed by atoms with Gasteiger partial charge in [0.15, 0.2) is 0 Å². The fourth-order valence-corrected chi connectivity index (χ4v) is 10.4. The summed E-state index contributed by atoms with van der Waals surface area (Å²) in [6, 6.07) is 78.8. The minimum Gasteiger partial charge on any atom is 3.00 e. The van der Waals surface area contributed by atoms with E-state index in [0.717, 1.165) is 66.9 Å². The monoisotopic (exact) mass is 1100 g/mol. The number of nitrogens with zero attached hydrogens (tertiary/aromatic N) is 1. The molecule has 0 amide bonds. The Hall–Kier alpha value is -7.52. The normalized spacial score (nSPS) is 10.6. The predicted octanol–water partition coefficient (Wildman–Crippen LogP) is 17.3. The Morgan fingerprint density at radius 2 is 0.871 bits per heavy atom. The summed E-state index contributed by atoms with van der Waals surface area (Å²) in [6.45, 7) is 17.6. The van der Waals surface area contributed by atoms with Crippen molar-refractivity contribution in [3.8, 4) is 89.1 Å². The average molecular weight is 1100 g/mol. The maximum atomic E-state index is 7.50. The summed E-state index contributed by atoms with van der Waals surface area (Å²) >= 11 is 1.85. The van der Waals surface area contributed by atoms with Gasteiger partial charge in [-0.1, -0.05) is 148 Å². The SMILES string of the molecule is Cc1[c-]cc(-c2ccccc2-c2cc(-c3ccccc3-c3c[c-]c(C)c(C)c3)cc(-c3ccccc3-c3cnc(-c4[c-]cccc4)cc3-c3ccc4c(c3)sc3ccccc34)c2)cc1C.[C-]#[O+].[C-]#[O+].[Ir+3]. The molecule has 336 valence electrons. The molecule has 5 heteroatoms. The Morgan fingerprint density at radius 1 is 0.400 bits per heavy atom. The molecular weight excluding hydrogens is 1050 g/mol. The van der Waals surface area contributed by atoms with Crippen LogP contribution in [0.2, 0.25) is 0 Å². The molecule has 11 aromatic rings. The molecule has 3 nitrogen and oxygen atoms in total. The second-order valence-electron chi connectivity index (χ2n) is 17.0. The van der Waals surface area contributed by atoms with Gasteiger partial charge in [0.2, 0.25) is 0 Å². The van der Waals surface area contributed by atoms with Crippen LogP contribution >= 0.6 is 11.3 Å². The summed E-state index contributed by atoms with van der Waals surface area (Å²) in [5.74, 6) is 0. The third kappa shape index (κ3) is 9.71. The first-order valence-corrected chi connectivity index (χ1v) is 23.4. The van der Waals surface area contributed by atoms with Gasteiger partial charge in [-0.15, -0.1) is 58.4 Å². The number of aromatic nitrogens is 1. The van der Waals surface area contributed by atoms with Crippen LogP contribution in [0, 0.1) is 59.2 Å². The zero-order valence-corrected chi connectivity index (χ0v) is 42.2. The second kappa shape index (κ2) is 21.8. The standard InChI is InChI=1S/C63H44NS.2CO.Ir/c1-40-26-28-45(32-42(40)3)51-18-8-10-20-53(51)48-34-49(54-21-11-9-19-52(54)46-29-27-41(2)43(4)33-46)36-50(35-48)55-22-12-13-23-56(55)60-39-64-61(44-16-6-5-7-17-44)38-59(60)47-30-31-58-57-24-14-15-25-62(57)65-63(58)37-47;2*1-2;/h5-16,18-25,28-39H,1-4H3;;;/q-3;;;+3. The van der Waals surface area contributed by atoms with E-state index < -0.39 is 0 Å². The van der Waals surface area contributed by atoms with Crippen molar-refractivity contribution in [3.05, 3.63) is 248 Å². The van der Waals surface area contributed by atoms with Crippen molar-refractivity contribution in [1.29, 1.82) is 0 Å². The average Bonchev–Trinajstić information content (AvgIpc) is 3.79. The Bertz CT molecular complexity index is 3600. The number of pyridine rings is 1. The van der Waals surface area contributed by atoms with Crippen LogP contribution in [0.5, 0.6) is 0 Å². The van der Waals surface area contributed by atoms with Crippen LogP contribution in [0.4, 0.5) is 0 Å². The van der Waals surface area contributed by atoms with E-state index in [1.54, 1.807) is 0 Å². The van der Waals surface area contributed by atoms with Gasteiger partial charge in [0.25, 0.3) is 0 Å². The quantitative estimate of drug-likeness (QED) is 0.110. The van der Waals surface area contributed by atoms with Crippen molar-refractivity contribution in [2.24, 2.45) is 0 Å². The Morgan fingerprint density at radius 3 is 1.40 bits per heavy atom. The molecule has 0 fully saturated rings. The molecule has 0 atom stereocenters.